The van der Waals surface area contributed by atoms with Crippen molar-refractivity contribution in [3.05, 3.63) is 118 Å². The van der Waals surface area contributed by atoms with E-state index in [9.17, 15) is 19.6 Å². The van der Waals surface area contributed by atoms with Gasteiger partial charge in [-0.05, 0) is 79.6 Å². The third-order valence-electron chi connectivity index (χ3n) is 8.34. The minimum atomic E-state index is -0.489. The molecule has 0 fully saturated rings. The number of carbonyl (C=O) groups excluding carboxylic acids is 3. The number of benzene rings is 3. The lowest BCUT2D eigenvalue weighted by molar-refractivity contribution is -0.116. The van der Waals surface area contributed by atoms with E-state index in [1.54, 1.807) is 42.6 Å². The first-order chi connectivity index (χ1) is 23.3. The molecule has 4 N–H and O–H groups in total. The number of aromatic nitrogens is 1. The number of nitriles is 1. The Morgan fingerprint density at radius 1 is 1.06 bits per heavy atom. The number of hydrogen-bond acceptors (Lipinski definition) is 6. The van der Waals surface area contributed by atoms with Crippen LogP contribution in [0.4, 0.5) is 10.7 Å². The summed E-state index contributed by atoms with van der Waals surface area (Å²) in [5.41, 5.74) is 4.37. The normalized spacial score (nSPS) is 14.9. The third-order valence-corrected chi connectivity index (χ3v) is 10.9. The largest absolute Gasteiger partial charge is 0.361 e. The summed E-state index contributed by atoms with van der Waals surface area (Å²) in [5, 5.41) is 19.8. The van der Waals surface area contributed by atoms with E-state index in [0.29, 0.717) is 34.2 Å². The summed E-state index contributed by atoms with van der Waals surface area (Å²) in [6, 6.07) is 26.1. The zero-order valence-electron chi connectivity index (χ0n) is 26.6. The molecular weight excluding hydrogens is 639 g/mol. The molecule has 0 saturated heterocycles. The highest BCUT2D eigenvalue weighted by Gasteiger charge is 2.27. The van der Waals surface area contributed by atoms with Gasteiger partial charge >= 0.3 is 0 Å². The number of carbonyl (C=O) groups is 3. The van der Waals surface area contributed by atoms with E-state index in [1.165, 1.54) is 28.0 Å². The molecule has 2 heterocycles. The number of amides is 3. The van der Waals surface area contributed by atoms with Crippen molar-refractivity contribution in [3.8, 4) is 6.07 Å². The summed E-state index contributed by atoms with van der Waals surface area (Å²) in [5.74, 6) is -0.485. The third kappa shape index (κ3) is 7.38. The van der Waals surface area contributed by atoms with Crippen LogP contribution in [-0.2, 0) is 22.4 Å². The van der Waals surface area contributed by atoms with Crippen LogP contribution < -0.4 is 16.0 Å². The van der Waals surface area contributed by atoms with Crippen LogP contribution in [0.5, 0.6) is 0 Å². The Morgan fingerprint density at radius 3 is 2.65 bits per heavy atom. The fourth-order valence-corrected chi connectivity index (χ4v) is 8.17. The molecule has 8 nitrogen and oxygen atoms in total. The first-order valence-corrected chi connectivity index (χ1v) is 17.6. The molecule has 1 aliphatic carbocycles. The van der Waals surface area contributed by atoms with E-state index < -0.39 is 17.1 Å². The van der Waals surface area contributed by atoms with Crippen LogP contribution >= 0.6 is 23.1 Å². The van der Waals surface area contributed by atoms with Gasteiger partial charge in [-0.2, -0.15) is 5.26 Å². The highest BCUT2D eigenvalue weighted by Crippen LogP contribution is 2.40. The second kappa shape index (κ2) is 14.8. The predicted octanol–water partition coefficient (Wildman–Crippen LogP) is 8.14. The number of anilines is 2. The van der Waals surface area contributed by atoms with E-state index in [1.807, 2.05) is 55.5 Å². The van der Waals surface area contributed by atoms with E-state index >= 15 is 0 Å². The van der Waals surface area contributed by atoms with Gasteiger partial charge in [-0.3, -0.25) is 14.4 Å². The van der Waals surface area contributed by atoms with Gasteiger partial charge < -0.3 is 20.9 Å². The van der Waals surface area contributed by atoms with Gasteiger partial charge in [-0.25, -0.2) is 0 Å². The summed E-state index contributed by atoms with van der Waals surface area (Å²) in [6.07, 6.45) is 6.87. The molecule has 0 bridgehead atoms. The topological polar surface area (TPSA) is 127 Å². The van der Waals surface area contributed by atoms with Crippen LogP contribution in [0.3, 0.4) is 0 Å². The first kappa shape index (κ1) is 32.8. The molecule has 2 atom stereocenters. The highest BCUT2D eigenvalue weighted by atomic mass is 32.2. The van der Waals surface area contributed by atoms with Gasteiger partial charge in [-0.15, -0.1) is 23.1 Å². The average molecular weight is 674 g/mol. The summed E-state index contributed by atoms with van der Waals surface area (Å²) in [4.78, 5) is 45.5. The number of hydrogen-bond donors (Lipinski definition) is 4. The number of aromatic amines is 1. The molecule has 0 spiro atoms. The molecule has 1 aliphatic rings. The van der Waals surface area contributed by atoms with Crippen molar-refractivity contribution in [1.29, 1.82) is 5.26 Å². The van der Waals surface area contributed by atoms with Gasteiger partial charge in [0, 0.05) is 43.7 Å². The van der Waals surface area contributed by atoms with E-state index in [0.717, 1.165) is 46.2 Å². The minimum absolute atomic E-state index is 0.0822. The molecule has 242 valence electrons. The Hall–Kier alpha value is -5.11. The Balaban J connectivity index is 1.19. The molecule has 3 amide bonds. The fraction of sp³-hybridized carbons (Fsp3) is 0.211. The SMILES string of the molecule is CCC(Sc1cccc(NC(=O)/C(=C/c2c[nH]c3ccccc23)NC(=O)c2ccccc2)c1)C(=O)Nc1sc2c(c1C#N)CCC(C)C2. The second-order valence-electron chi connectivity index (χ2n) is 11.8. The van der Waals surface area contributed by atoms with Crippen molar-refractivity contribution in [3.63, 3.8) is 0 Å². The van der Waals surface area contributed by atoms with Crippen molar-refractivity contribution in [2.24, 2.45) is 5.92 Å². The van der Waals surface area contributed by atoms with Crippen LogP contribution in [0.2, 0.25) is 0 Å². The van der Waals surface area contributed by atoms with E-state index in [2.05, 4.69) is 33.9 Å². The van der Waals surface area contributed by atoms with Gasteiger partial charge in [0.2, 0.25) is 5.91 Å². The molecule has 10 heteroatoms. The molecule has 0 radical (unpaired) electrons. The summed E-state index contributed by atoms with van der Waals surface area (Å²) >= 11 is 2.92. The molecule has 2 unspecified atom stereocenters. The Morgan fingerprint density at radius 2 is 1.85 bits per heavy atom. The van der Waals surface area contributed by atoms with Crippen LogP contribution in [0, 0.1) is 17.2 Å². The number of rotatable bonds is 10. The zero-order chi connectivity index (χ0) is 33.6. The number of fused-ring (bicyclic) bond motifs is 2. The predicted molar refractivity (Wildman–Crippen MR) is 194 cm³/mol. The Labute approximate surface area is 287 Å². The number of H-pyrrole nitrogens is 1. The van der Waals surface area contributed by atoms with Crippen molar-refractivity contribution in [2.45, 2.75) is 49.7 Å². The zero-order valence-corrected chi connectivity index (χ0v) is 28.3. The van der Waals surface area contributed by atoms with Crippen LogP contribution in [0.25, 0.3) is 17.0 Å². The van der Waals surface area contributed by atoms with Gasteiger partial charge in [-0.1, -0.05) is 56.3 Å². The summed E-state index contributed by atoms with van der Waals surface area (Å²) in [6.45, 7) is 4.17. The van der Waals surface area contributed by atoms with Gasteiger partial charge in [0.25, 0.3) is 11.8 Å². The molecule has 48 heavy (non-hydrogen) atoms. The van der Waals surface area contributed by atoms with Gasteiger partial charge in [0.1, 0.15) is 16.8 Å². The Kier molecular flexibility index (Phi) is 10.1. The van der Waals surface area contributed by atoms with Crippen LogP contribution in [0.15, 0.2) is 95.7 Å². The second-order valence-corrected chi connectivity index (χ2v) is 14.2. The first-order valence-electron chi connectivity index (χ1n) is 15.9. The van der Waals surface area contributed by atoms with E-state index in [-0.39, 0.29) is 11.6 Å². The maximum Gasteiger partial charge on any atom is 0.272 e. The number of thiophene rings is 1. The maximum absolute atomic E-state index is 13.7. The summed E-state index contributed by atoms with van der Waals surface area (Å²) < 4.78 is 0. The van der Waals surface area contributed by atoms with Crippen LogP contribution in [0.1, 0.15) is 58.6 Å². The molecule has 3 aromatic carbocycles. The van der Waals surface area contributed by atoms with Crippen LogP contribution in [-0.4, -0.2) is 28.0 Å². The number of nitrogens with one attached hydrogen (secondary N) is 4. The molecule has 0 saturated carbocycles. The standard InChI is InChI=1S/C38H35N5O3S2/c1-3-33(37(46)43-38-30(21-39)29-17-16-23(2)18-34(29)48-38)47-27-13-9-12-26(20-27)41-36(45)32(42-35(44)24-10-5-4-6-11-24)19-25-22-40-31-15-8-7-14-28(25)31/h4-15,19-20,22-23,33,40H,3,16-18H2,1-2H3,(H,41,45)(H,42,44)(H,43,46)/b32-19-. The summed E-state index contributed by atoms with van der Waals surface area (Å²) in [7, 11) is 0. The fourth-order valence-electron chi connectivity index (χ4n) is 5.79. The molecular formula is C38H35N5O3S2. The number of thioether (sulfide) groups is 1. The lowest BCUT2D eigenvalue weighted by Gasteiger charge is -2.17. The van der Waals surface area contributed by atoms with E-state index in [4.69, 9.17) is 0 Å². The quantitative estimate of drug-likeness (QED) is 0.0879. The maximum atomic E-state index is 13.7. The number of para-hydroxylation sites is 1. The molecule has 2 aromatic heterocycles. The minimum Gasteiger partial charge on any atom is -0.361 e. The van der Waals surface area contributed by atoms with Gasteiger partial charge in [0.15, 0.2) is 0 Å². The lowest BCUT2D eigenvalue weighted by atomic mass is 9.88. The van der Waals surface area contributed by atoms with Crippen molar-refractivity contribution < 1.29 is 14.4 Å². The van der Waals surface area contributed by atoms with Crippen molar-refractivity contribution in [2.75, 3.05) is 10.6 Å². The number of nitrogens with zero attached hydrogens (tertiary/aromatic N) is 1. The smallest absolute Gasteiger partial charge is 0.272 e. The molecule has 6 rings (SSSR count). The Bertz CT molecular complexity index is 2060. The highest BCUT2D eigenvalue weighted by molar-refractivity contribution is 8.00. The monoisotopic (exact) mass is 673 g/mol. The molecule has 5 aromatic rings. The van der Waals surface area contributed by atoms with Crippen molar-refractivity contribution >= 4 is 68.5 Å². The van der Waals surface area contributed by atoms with Crippen molar-refractivity contribution in [1.82, 2.24) is 10.3 Å². The van der Waals surface area contributed by atoms with Gasteiger partial charge in [0.05, 0.1) is 10.8 Å². The lowest BCUT2D eigenvalue weighted by Crippen LogP contribution is -2.30. The molecule has 0 aliphatic heterocycles. The average Bonchev–Trinajstić information content (AvgIpc) is 3.67.